The molecule has 0 fully saturated rings. The first-order valence-electron chi connectivity index (χ1n) is 6.35. The Labute approximate surface area is 120 Å². The molecule has 0 saturated carbocycles. The van der Waals surface area contributed by atoms with E-state index in [2.05, 4.69) is 5.32 Å². The Kier molecular flexibility index (Phi) is 6.44. The Hall–Kier alpha value is -1.80. The predicted octanol–water partition coefficient (Wildman–Crippen LogP) is 1.45. The van der Waals surface area contributed by atoms with Crippen LogP contribution in [-0.2, 0) is 4.79 Å². The molecule has 0 bridgehead atoms. The zero-order chi connectivity index (χ0) is 15.9. The normalized spacial score (nSPS) is 11.7. The number of hydrogen-bond donors (Lipinski definition) is 3. The van der Waals surface area contributed by atoms with Crippen LogP contribution in [0.2, 0.25) is 0 Å². The topological polar surface area (TPSA) is 78.6 Å². The number of hydrogen-bond acceptors (Lipinski definition) is 4. The fraction of sp³-hybridized carbons (Fsp3) is 0.462. The van der Waals surface area contributed by atoms with E-state index in [1.807, 2.05) is 0 Å². The third kappa shape index (κ3) is 7.52. The number of aliphatic hydroxyl groups excluding tert-OH is 1. The first-order chi connectivity index (χ1) is 9.80. The molecule has 0 spiro atoms. The summed E-state index contributed by atoms with van der Waals surface area (Å²) in [6.45, 7) is -1.76. The van der Waals surface area contributed by atoms with Crippen molar-refractivity contribution < 1.29 is 23.1 Å². The number of carbonyl (C=O) groups excluding carboxylic acids is 1. The van der Waals surface area contributed by atoms with Gasteiger partial charge in [0.25, 0.3) is 0 Å². The van der Waals surface area contributed by atoms with Crippen molar-refractivity contribution in [3.8, 4) is 0 Å². The Morgan fingerprint density at radius 2 is 1.86 bits per heavy atom. The first-order valence-corrected chi connectivity index (χ1v) is 6.35. The number of aliphatic hydroxyl groups is 1. The molecular weight excluding hydrogens is 287 g/mol. The Morgan fingerprint density at radius 3 is 2.38 bits per heavy atom. The molecule has 0 aromatic heterocycles. The number of amides is 1. The Bertz CT molecular complexity index is 449. The molecule has 0 radical (unpaired) electrons. The number of carbonyl (C=O) groups is 1. The minimum Gasteiger partial charge on any atom is -0.399 e. The summed E-state index contributed by atoms with van der Waals surface area (Å²) in [5.74, 6) is -0.398. The van der Waals surface area contributed by atoms with Gasteiger partial charge in [0, 0.05) is 30.9 Å². The van der Waals surface area contributed by atoms with Gasteiger partial charge in [-0.2, -0.15) is 13.2 Å². The van der Waals surface area contributed by atoms with Crippen molar-refractivity contribution in [1.82, 2.24) is 4.90 Å². The molecule has 1 aromatic rings. The molecule has 0 aliphatic heterocycles. The van der Waals surface area contributed by atoms with E-state index < -0.39 is 25.2 Å². The zero-order valence-electron chi connectivity index (χ0n) is 11.4. The van der Waals surface area contributed by atoms with Crippen LogP contribution in [0.5, 0.6) is 0 Å². The molecule has 4 N–H and O–H groups in total. The van der Waals surface area contributed by atoms with E-state index in [1.165, 1.54) is 0 Å². The molecule has 118 valence electrons. The van der Waals surface area contributed by atoms with Gasteiger partial charge in [-0.05, 0) is 24.3 Å². The van der Waals surface area contributed by atoms with Crippen molar-refractivity contribution in [2.24, 2.45) is 0 Å². The average Bonchev–Trinajstić information content (AvgIpc) is 2.37. The van der Waals surface area contributed by atoms with Gasteiger partial charge in [-0.25, -0.2) is 0 Å². The number of alkyl halides is 3. The molecular formula is C13H18F3N3O2. The molecule has 21 heavy (non-hydrogen) atoms. The molecule has 0 aliphatic rings. The van der Waals surface area contributed by atoms with E-state index in [-0.39, 0.29) is 19.5 Å². The van der Waals surface area contributed by atoms with E-state index in [0.29, 0.717) is 11.4 Å². The molecule has 0 heterocycles. The second-order valence-corrected chi connectivity index (χ2v) is 4.54. The van der Waals surface area contributed by atoms with Crippen LogP contribution in [-0.4, -0.2) is 48.3 Å². The van der Waals surface area contributed by atoms with Crippen LogP contribution in [0.1, 0.15) is 6.42 Å². The first kappa shape index (κ1) is 17.3. The number of benzene rings is 1. The SMILES string of the molecule is Nc1ccc(NC(=O)CCN(CCO)CC(F)(F)F)cc1. The number of rotatable bonds is 7. The number of nitrogens with zero attached hydrogens (tertiary/aromatic N) is 1. The fourth-order valence-corrected chi connectivity index (χ4v) is 1.71. The summed E-state index contributed by atoms with van der Waals surface area (Å²) in [5, 5.41) is 11.3. The largest absolute Gasteiger partial charge is 0.401 e. The van der Waals surface area contributed by atoms with Gasteiger partial charge in [-0.3, -0.25) is 9.69 Å². The monoisotopic (exact) mass is 305 g/mol. The van der Waals surface area contributed by atoms with Crippen molar-refractivity contribution in [1.29, 1.82) is 0 Å². The lowest BCUT2D eigenvalue weighted by atomic mass is 10.2. The molecule has 0 atom stereocenters. The molecule has 1 rings (SSSR count). The van der Waals surface area contributed by atoms with Crippen LogP contribution in [0.25, 0.3) is 0 Å². The van der Waals surface area contributed by atoms with E-state index in [9.17, 15) is 18.0 Å². The van der Waals surface area contributed by atoms with Crippen molar-refractivity contribution in [2.75, 3.05) is 37.3 Å². The second-order valence-electron chi connectivity index (χ2n) is 4.54. The summed E-state index contributed by atoms with van der Waals surface area (Å²) < 4.78 is 36.9. The number of halogens is 3. The van der Waals surface area contributed by atoms with Gasteiger partial charge in [-0.15, -0.1) is 0 Å². The maximum atomic E-state index is 12.3. The lowest BCUT2D eigenvalue weighted by Gasteiger charge is -2.22. The quantitative estimate of drug-likeness (QED) is 0.666. The van der Waals surface area contributed by atoms with Gasteiger partial charge >= 0.3 is 6.18 Å². The van der Waals surface area contributed by atoms with Gasteiger partial charge in [0.1, 0.15) is 0 Å². The second kappa shape index (κ2) is 7.84. The summed E-state index contributed by atoms with van der Waals surface area (Å²) in [6, 6.07) is 6.43. The molecule has 5 nitrogen and oxygen atoms in total. The molecule has 8 heteroatoms. The molecule has 0 unspecified atom stereocenters. The highest BCUT2D eigenvalue weighted by Crippen LogP contribution is 2.16. The van der Waals surface area contributed by atoms with Crippen LogP contribution in [0.15, 0.2) is 24.3 Å². The van der Waals surface area contributed by atoms with Gasteiger partial charge in [-0.1, -0.05) is 0 Å². The minimum absolute atomic E-state index is 0.0825. The smallest absolute Gasteiger partial charge is 0.399 e. The Balaban J connectivity index is 2.43. The summed E-state index contributed by atoms with van der Waals surface area (Å²) in [7, 11) is 0. The summed E-state index contributed by atoms with van der Waals surface area (Å²) in [4.78, 5) is 12.6. The highest BCUT2D eigenvalue weighted by atomic mass is 19.4. The summed E-state index contributed by atoms with van der Waals surface area (Å²) in [5.41, 5.74) is 6.57. The van der Waals surface area contributed by atoms with Gasteiger partial charge < -0.3 is 16.2 Å². The third-order valence-electron chi connectivity index (χ3n) is 2.67. The van der Waals surface area contributed by atoms with Gasteiger partial charge in [0.2, 0.25) is 5.91 Å². The standard InChI is InChI=1S/C13H18F3N3O2/c14-13(15,16)9-19(7-8-20)6-5-12(21)18-11-3-1-10(17)2-4-11/h1-4,20H,5-9,17H2,(H,18,21). The van der Waals surface area contributed by atoms with E-state index in [0.717, 1.165) is 4.90 Å². The van der Waals surface area contributed by atoms with Crippen molar-refractivity contribution in [3.63, 3.8) is 0 Å². The van der Waals surface area contributed by atoms with Crippen LogP contribution in [0.3, 0.4) is 0 Å². The van der Waals surface area contributed by atoms with E-state index in [1.54, 1.807) is 24.3 Å². The Morgan fingerprint density at radius 1 is 1.24 bits per heavy atom. The van der Waals surface area contributed by atoms with Gasteiger partial charge in [0.15, 0.2) is 0 Å². The van der Waals surface area contributed by atoms with E-state index in [4.69, 9.17) is 10.8 Å². The third-order valence-corrected chi connectivity index (χ3v) is 2.67. The van der Waals surface area contributed by atoms with Crippen molar-refractivity contribution in [3.05, 3.63) is 24.3 Å². The van der Waals surface area contributed by atoms with Crippen LogP contribution in [0, 0.1) is 0 Å². The van der Waals surface area contributed by atoms with Crippen molar-refractivity contribution in [2.45, 2.75) is 12.6 Å². The number of anilines is 2. The average molecular weight is 305 g/mol. The highest BCUT2D eigenvalue weighted by molar-refractivity contribution is 5.90. The van der Waals surface area contributed by atoms with Crippen LogP contribution < -0.4 is 11.1 Å². The number of nitrogens with one attached hydrogen (secondary N) is 1. The fourth-order valence-electron chi connectivity index (χ4n) is 1.71. The lowest BCUT2D eigenvalue weighted by molar-refractivity contribution is -0.147. The maximum Gasteiger partial charge on any atom is 0.401 e. The number of nitrogens with two attached hydrogens (primary N) is 1. The molecule has 1 aromatic carbocycles. The summed E-state index contributed by atoms with van der Waals surface area (Å²) in [6.07, 6.45) is -4.46. The molecule has 0 aliphatic carbocycles. The predicted molar refractivity (Wildman–Crippen MR) is 73.7 cm³/mol. The molecule has 1 amide bonds. The minimum atomic E-state index is -4.36. The van der Waals surface area contributed by atoms with Crippen molar-refractivity contribution >= 4 is 17.3 Å². The number of nitrogen functional groups attached to an aromatic ring is 1. The van der Waals surface area contributed by atoms with Crippen LogP contribution in [0.4, 0.5) is 24.5 Å². The zero-order valence-corrected chi connectivity index (χ0v) is 11.4. The molecule has 0 saturated heterocycles. The van der Waals surface area contributed by atoms with E-state index >= 15 is 0 Å². The van der Waals surface area contributed by atoms with Crippen LogP contribution >= 0.6 is 0 Å². The maximum absolute atomic E-state index is 12.3. The highest BCUT2D eigenvalue weighted by Gasteiger charge is 2.30. The van der Waals surface area contributed by atoms with Gasteiger partial charge in [0.05, 0.1) is 13.2 Å². The summed E-state index contributed by atoms with van der Waals surface area (Å²) >= 11 is 0. The lowest BCUT2D eigenvalue weighted by Crippen LogP contribution is -2.38.